The molecule has 0 bridgehead atoms. The smallest absolute Gasteiger partial charge is 0.462 e. The molecule has 17 nitrogen and oxygen atoms in total. The topological polar surface area (TPSA) is 237 Å². The molecule has 0 amide bonds. The highest BCUT2D eigenvalue weighted by Crippen LogP contribution is 2.45. The molecule has 6 atom stereocenters. The lowest BCUT2D eigenvalue weighted by Gasteiger charge is -2.21. The second-order valence-corrected chi connectivity index (χ2v) is 29.5. The van der Waals surface area contributed by atoms with Crippen LogP contribution in [0.3, 0.4) is 0 Å². The normalized spacial score (nSPS) is 14.6. The summed E-state index contributed by atoms with van der Waals surface area (Å²) in [4.78, 5) is 72.5. The van der Waals surface area contributed by atoms with Gasteiger partial charge in [0.25, 0.3) is 0 Å². The van der Waals surface area contributed by atoms with Gasteiger partial charge >= 0.3 is 39.5 Å². The third-order valence-corrected chi connectivity index (χ3v) is 18.1. The molecule has 0 fully saturated rings. The first-order chi connectivity index (χ1) is 42.1. The zero-order chi connectivity index (χ0) is 65.4. The van der Waals surface area contributed by atoms with E-state index in [4.69, 9.17) is 37.0 Å². The van der Waals surface area contributed by atoms with Gasteiger partial charge in [0, 0.05) is 25.7 Å². The minimum Gasteiger partial charge on any atom is -0.462 e. The Bertz CT molecular complexity index is 1750. The Morgan fingerprint density at radius 2 is 0.545 bits per heavy atom. The van der Waals surface area contributed by atoms with E-state index in [0.29, 0.717) is 25.7 Å². The molecule has 0 aliphatic heterocycles. The summed E-state index contributed by atoms with van der Waals surface area (Å²) in [6.45, 7) is 14.0. The molecule has 88 heavy (non-hydrogen) atoms. The monoisotopic (exact) mass is 1300 g/mol. The van der Waals surface area contributed by atoms with E-state index in [9.17, 15) is 43.2 Å². The largest absolute Gasteiger partial charge is 0.472 e. The van der Waals surface area contributed by atoms with E-state index < -0.39 is 97.5 Å². The summed E-state index contributed by atoms with van der Waals surface area (Å²) >= 11 is 0. The van der Waals surface area contributed by atoms with Crippen molar-refractivity contribution in [3.05, 3.63) is 0 Å². The summed E-state index contributed by atoms with van der Waals surface area (Å²) < 4.78 is 68.2. The summed E-state index contributed by atoms with van der Waals surface area (Å²) in [5, 5.41) is 10.6. The van der Waals surface area contributed by atoms with Crippen LogP contribution in [0, 0.1) is 23.7 Å². The van der Waals surface area contributed by atoms with Crippen LogP contribution < -0.4 is 0 Å². The minimum absolute atomic E-state index is 0.103. The molecule has 0 aromatic heterocycles. The number of aliphatic hydroxyl groups is 1. The third kappa shape index (κ3) is 61.6. The van der Waals surface area contributed by atoms with Crippen molar-refractivity contribution < 1.29 is 80.2 Å². The van der Waals surface area contributed by atoms with Crippen molar-refractivity contribution in [2.75, 3.05) is 39.6 Å². The van der Waals surface area contributed by atoms with Gasteiger partial charge in [-0.15, -0.1) is 0 Å². The maximum absolute atomic E-state index is 13.0. The predicted molar refractivity (Wildman–Crippen MR) is 354 cm³/mol. The minimum atomic E-state index is -4.95. The maximum atomic E-state index is 13.0. The molecule has 3 unspecified atom stereocenters. The van der Waals surface area contributed by atoms with Gasteiger partial charge in [-0.25, -0.2) is 9.13 Å². The molecule has 0 aromatic rings. The number of hydrogen-bond donors (Lipinski definition) is 3. The van der Waals surface area contributed by atoms with Gasteiger partial charge in [-0.3, -0.25) is 37.3 Å². The number of esters is 4. The van der Waals surface area contributed by atoms with Gasteiger partial charge in [-0.1, -0.05) is 287 Å². The number of phosphoric acid groups is 2. The van der Waals surface area contributed by atoms with E-state index in [-0.39, 0.29) is 25.7 Å². The van der Waals surface area contributed by atoms with E-state index in [1.54, 1.807) is 0 Å². The Balaban J connectivity index is 5.25. The molecule has 0 aliphatic rings. The van der Waals surface area contributed by atoms with Crippen molar-refractivity contribution in [2.24, 2.45) is 23.7 Å². The van der Waals surface area contributed by atoms with Crippen LogP contribution in [0.25, 0.3) is 0 Å². The summed E-state index contributed by atoms with van der Waals surface area (Å²) in [7, 11) is -9.90. The highest BCUT2D eigenvalue weighted by atomic mass is 31.2. The Labute approximate surface area is 537 Å². The number of rotatable bonds is 66. The van der Waals surface area contributed by atoms with Gasteiger partial charge in [-0.05, 0) is 49.4 Å². The van der Waals surface area contributed by atoms with E-state index >= 15 is 0 Å². The second kappa shape index (κ2) is 58.8. The number of unbranched alkanes of at least 4 members (excludes halogenated alkanes) is 31. The van der Waals surface area contributed by atoms with E-state index in [2.05, 4.69) is 55.4 Å². The van der Waals surface area contributed by atoms with Crippen molar-refractivity contribution in [1.29, 1.82) is 0 Å². The number of hydrogen-bond acceptors (Lipinski definition) is 15. The molecule has 522 valence electrons. The average Bonchev–Trinajstić information content (AvgIpc) is 3.61. The molecule has 0 aliphatic carbocycles. The lowest BCUT2D eigenvalue weighted by molar-refractivity contribution is -0.161. The third-order valence-electron chi connectivity index (χ3n) is 16.2. The zero-order valence-electron chi connectivity index (χ0n) is 57.3. The van der Waals surface area contributed by atoms with Gasteiger partial charge in [0.05, 0.1) is 26.4 Å². The van der Waals surface area contributed by atoms with Crippen molar-refractivity contribution in [3.8, 4) is 0 Å². The van der Waals surface area contributed by atoms with Crippen LogP contribution in [0.2, 0.25) is 0 Å². The lowest BCUT2D eigenvalue weighted by Crippen LogP contribution is -2.30. The van der Waals surface area contributed by atoms with Gasteiger partial charge in [0.15, 0.2) is 12.2 Å². The predicted octanol–water partition coefficient (Wildman–Crippen LogP) is 19.3. The average molecular weight is 1300 g/mol. The molecule has 0 spiro atoms. The summed E-state index contributed by atoms with van der Waals surface area (Å²) in [5.74, 6) is 0.834. The molecule has 0 saturated heterocycles. The van der Waals surface area contributed by atoms with Crippen molar-refractivity contribution in [2.45, 2.75) is 356 Å². The standard InChI is InChI=1S/C69H134O17P2/c1-9-62(8)48-40-32-27-28-34-42-50-67(72)80-56-65(86-69(74)52-44-36-26-20-19-23-31-39-47-61(6)7)58-84-88(77,78)82-54-63(70)53-81-87(75,76)83-57-64(85-68(73)51-43-35-25-18-14-16-22-30-38-46-60(4)5)55-79-66(71)49-41-33-24-17-13-11-10-12-15-21-29-37-45-59(2)3/h59-65,70H,9-58H2,1-8H3,(H,75,76)(H,77,78)/t62?,63-,64-,65-/m1/s1. The number of ether oxygens (including phenoxy) is 4. The van der Waals surface area contributed by atoms with Crippen molar-refractivity contribution in [3.63, 3.8) is 0 Å². The van der Waals surface area contributed by atoms with Crippen LogP contribution in [0.4, 0.5) is 0 Å². The lowest BCUT2D eigenvalue weighted by atomic mass is 10.00. The van der Waals surface area contributed by atoms with Crippen LogP contribution in [-0.4, -0.2) is 96.7 Å². The molecule has 0 saturated carbocycles. The highest BCUT2D eigenvalue weighted by Gasteiger charge is 2.30. The van der Waals surface area contributed by atoms with Crippen LogP contribution >= 0.6 is 15.6 Å². The fraction of sp³-hybridized carbons (Fsp3) is 0.942. The molecule has 0 aromatic carbocycles. The SMILES string of the molecule is CCC(C)CCCCCCCCC(=O)OC[C@H](COP(=O)(O)OC[C@H](O)COP(=O)(O)OC[C@@H](COC(=O)CCCCCCCCCCCCCCC(C)C)OC(=O)CCCCCCCCCCCC(C)C)OC(=O)CCCCCCCCCCC(C)C. The van der Waals surface area contributed by atoms with Crippen molar-refractivity contribution in [1.82, 2.24) is 0 Å². The molecule has 0 radical (unpaired) electrons. The van der Waals surface area contributed by atoms with Crippen molar-refractivity contribution >= 4 is 39.5 Å². The first kappa shape index (κ1) is 86.1. The molecular formula is C69H134O17P2. The van der Waals surface area contributed by atoms with E-state index in [1.807, 2.05) is 0 Å². The quantitative estimate of drug-likeness (QED) is 0.0222. The number of aliphatic hydroxyl groups excluding tert-OH is 1. The fourth-order valence-corrected chi connectivity index (χ4v) is 11.9. The van der Waals surface area contributed by atoms with Gasteiger partial charge in [0.1, 0.15) is 19.3 Å². The summed E-state index contributed by atoms with van der Waals surface area (Å²) in [6, 6.07) is 0. The van der Waals surface area contributed by atoms with Crippen LogP contribution in [0.15, 0.2) is 0 Å². The molecule has 0 rings (SSSR count). The number of carbonyl (C=O) groups excluding carboxylic acids is 4. The Hall–Kier alpha value is -1.94. The van der Waals surface area contributed by atoms with Gasteiger partial charge in [-0.2, -0.15) is 0 Å². The fourth-order valence-electron chi connectivity index (χ4n) is 10.3. The first-order valence-electron chi connectivity index (χ1n) is 35.7. The molecular weight excluding hydrogens is 1160 g/mol. The first-order valence-corrected chi connectivity index (χ1v) is 38.7. The number of carbonyl (C=O) groups is 4. The zero-order valence-corrected chi connectivity index (χ0v) is 59.1. The van der Waals surface area contributed by atoms with Crippen LogP contribution in [-0.2, 0) is 65.4 Å². The Morgan fingerprint density at radius 3 is 0.807 bits per heavy atom. The Morgan fingerprint density at radius 1 is 0.318 bits per heavy atom. The molecule has 0 heterocycles. The highest BCUT2D eigenvalue weighted by molar-refractivity contribution is 7.47. The second-order valence-electron chi connectivity index (χ2n) is 26.6. The van der Waals surface area contributed by atoms with Gasteiger partial charge < -0.3 is 33.8 Å². The summed E-state index contributed by atoms with van der Waals surface area (Å²) in [6.07, 6.45) is 40.4. The summed E-state index contributed by atoms with van der Waals surface area (Å²) in [5.41, 5.74) is 0. The van der Waals surface area contributed by atoms with Crippen LogP contribution in [0.5, 0.6) is 0 Å². The molecule has 19 heteroatoms. The van der Waals surface area contributed by atoms with E-state index in [0.717, 1.165) is 120 Å². The maximum Gasteiger partial charge on any atom is 0.472 e. The van der Waals surface area contributed by atoms with Gasteiger partial charge in [0.2, 0.25) is 0 Å². The molecule has 3 N–H and O–H groups in total. The number of phosphoric ester groups is 2. The van der Waals surface area contributed by atoms with Crippen LogP contribution in [0.1, 0.15) is 338 Å². The Kier molecular flexibility index (Phi) is 57.6. The van der Waals surface area contributed by atoms with E-state index in [1.165, 1.54) is 135 Å².